The van der Waals surface area contributed by atoms with Crippen LogP contribution >= 0.6 is 0 Å². The van der Waals surface area contributed by atoms with Crippen LogP contribution < -0.4 is 10.5 Å². The van der Waals surface area contributed by atoms with Crippen LogP contribution in [0.1, 0.15) is 12.1 Å². The number of rotatable bonds is 3. The molecule has 1 aliphatic rings. The summed E-state index contributed by atoms with van der Waals surface area (Å²) in [6, 6.07) is 4.25. The molecule has 1 aliphatic carbocycles. The fourth-order valence-corrected chi connectivity index (χ4v) is 2.47. The summed E-state index contributed by atoms with van der Waals surface area (Å²) >= 11 is 0. The van der Waals surface area contributed by atoms with E-state index in [2.05, 4.69) is 9.71 Å². The van der Waals surface area contributed by atoms with E-state index in [9.17, 15) is 8.42 Å². The van der Waals surface area contributed by atoms with E-state index in [4.69, 9.17) is 11.0 Å². The number of nitriles is 1. The molecular weight excluding hydrogens is 228 g/mol. The molecule has 0 radical (unpaired) electrons. The highest BCUT2D eigenvalue weighted by atomic mass is 32.2. The molecule has 0 aromatic carbocycles. The van der Waals surface area contributed by atoms with Crippen LogP contribution in [0.15, 0.2) is 23.2 Å². The zero-order chi connectivity index (χ0) is 11.8. The maximum atomic E-state index is 11.7. The van der Waals surface area contributed by atoms with Crippen molar-refractivity contribution in [1.82, 2.24) is 9.71 Å². The highest BCUT2D eigenvalue weighted by molar-refractivity contribution is 7.89. The first-order valence-electron chi connectivity index (χ1n) is 4.67. The van der Waals surface area contributed by atoms with E-state index in [0.29, 0.717) is 6.42 Å². The molecule has 0 amide bonds. The topological polar surface area (TPSA) is 109 Å². The van der Waals surface area contributed by atoms with Crippen molar-refractivity contribution in [1.29, 1.82) is 5.26 Å². The van der Waals surface area contributed by atoms with Crippen molar-refractivity contribution in [2.75, 3.05) is 0 Å². The number of sulfonamides is 1. The summed E-state index contributed by atoms with van der Waals surface area (Å²) < 4.78 is 25.9. The Hall–Kier alpha value is -1.49. The quantitative estimate of drug-likeness (QED) is 0.726. The number of nitrogens with one attached hydrogen (secondary N) is 1. The molecule has 3 N–H and O–H groups in total. The highest BCUT2D eigenvalue weighted by Gasteiger charge is 2.37. The lowest BCUT2D eigenvalue weighted by Crippen LogP contribution is -2.29. The molecule has 1 aromatic heterocycles. The molecule has 1 fully saturated rings. The minimum atomic E-state index is -3.56. The van der Waals surface area contributed by atoms with Crippen molar-refractivity contribution >= 4 is 10.0 Å². The van der Waals surface area contributed by atoms with Crippen LogP contribution in [0.25, 0.3) is 0 Å². The first-order valence-corrected chi connectivity index (χ1v) is 6.15. The number of nitrogens with two attached hydrogens (primary N) is 1. The van der Waals surface area contributed by atoms with Gasteiger partial charge in [-0.1, -0.05) is 0 Å². The van der Waals surface area contributed by atoms with Crippen LogP contribution in [0.5, 0.6) is 0 Å². The fourth-order valence-electron chi connectivity index (χ4n) is 1.22. The third kappa shape index (κ3) is 2.19. The molecule has 2 unspecified atom stereocenters. The summed E-state index contributed by atoms with van der Waals surface area (Å²) in [5.41, 5.74) is 5.69. The van der Waals surface area contributed by atoms with Crippen molar-refractivity contribution < 1.29 is 8.42 Å². The van der Waals surface area contributed by atoms with Gasteiger partial charge in [0.1, 0.15) is 16.7 Å². The third-order valence-corrected chi connectivity index (χ3v) is 3.78. The van der Waals surface area contributed by atoms with Crippen LogP contribution in [0, 0.1) is 11.3 Å². The normalized spacial score (nSPS) is 23.8. The van der Waals surface area contributed by atoms with Crippen molar-refractivity contribution in [3.05, 3.63) is 24.0 Å². The van der Waals surface area contributed by atoms with E-state index in [0.717, 1.165) is 6.20 Å². The molecular formula is C9H10N4O2S. The van der Waals surface area contributed by atoms with Gasteiger partial charge in [-0.25, -0.2) is 18.1 Å². The summed E-state index contributed by atoms with van der Waals surface area (Å²) in [7, 11) is -3.56. The van der Waals surface area contributed by atoms with Gasteiger partial charge in [0.15, 0.2) is 0 Å². The predicted octanol–water partition coefficient (Wildman–Crippen LogP) is -0.669. The molecule has 1 saturated carbocycles. The van der Waals surface area contributed by atoms with Gasteiger partial charge in [-0.2, -0.15) is 5.26 Å². The van der Waals surface area contributed by atoms with Crippen LogP contribution in [0.3, 0.4) is 0 Å². The second kappa shape index (κ2) is 3.83. The molecule has 6 nitrogen and oxygen atoms in total. The van der Waals surface area contributed by atoms with Gasteiger partial charge in [0.25, 0.3) is 0 Å². The lowest BCUT2D eigenvalue weighted by molar-refractivity contribution is 0.579. The molecule has 16 heavy (non-hydrogen) atoms. The van der Waals surface area contributed by atoms with E-state index >= 15 is 0 Å². The lowest BCUT2D eigenvalue weighted by Gasteiger charge is -2.04. The molecule has 0 spiro atoms. The SMILES string of the molecule is N#Cc1ccc(S(=O)(=O)NC2CC2N)cn1. The van der Waals surface area contributed by atoms with E-state index in [1.807, 2.05) is 6.07 Å². The Morgan fingerprint density at radius 1 is 1.56 bits per heavy atom. The maximum absolute atomic E-state index is 11.7. The van der Waals surface area contributed by atoms with Gasteiger partial charge in [0, 0.05) is 18.3 Å². The van der Waals surface area contributed by atoms with Gasteiger partial charge >= 0.3 is 0 Å². The number of hydrogen-bond acceptors (Lipinski definition) is 5. The Morgan fingerprint density at radius 2 is 2.25 bits per heavy atom. The Kier molecular flexibility index (Phi) is 2.63. The monoisotopic (exact) mass is 238 g/mol. The molecule has 1 heterocycles. The van der Waals surface area contributed by atoms with Crippen molar-refractivity contribution in [3.63, 3.8) is 0 Å². The van der Waals surface area contributed by atoms with E-state index < -0.39 is 10.0 Å². The number of pyridine rings is 1. The van der Waals surface area contributed by atoms with Crippen LogP contribution in [0.2, 0.25) is 0 Å². The van der Waals surface area contributed by atoms with Gasteiger partial charge in [0.05, 0.1) is 0 Å². The molecule has 2 rings (SSSR count). The predicted molar refractivity (Wildman–Crippen MR) is 55.7 cm³/mol. The minimum Gasteiger partial charge on any atom is -0.326 e. The Labute approximate surface area is 93.1 Å². The molecule has 2 atom stereocenters. The zero-order valence-electron chi connectivity index (χ0n) is 8.29. The zero-order valence-corrected chi connectivity index (χ0v) is 9.11. The smallest absolute Gasteiger partial charge is 0.242 e. The summed E-state index contributed by atoms with van der Waals surface area (Å²) in [5, 5.41) is 8.53. The largest absolute Gasteiger partial charge is 0.326 e. The van der Waals surface area contributed by atoms with Crippen molar-refractivity contribution in [2.24, 2.45) is 5.73 Å². The van der Waals surface area contributed by atoms with Crippen LogP contribution in [-0.4, -0.2) is 25.5 Å². The van der Waals surface area contributed by atoms with Gasteiger partial charge in [-0.05, 0) is 18.6 Å². The molecule has 84 valence electrons. The van der Waals surface area contributed by atoms with Crippen molar-refractivity contribution in [2.45, 2.75) is 23.4 Å². The van der Waals surface area contributed by atoms with Gasteiger partial charge in [-0.15, -0.1) is 0 Å². The highest BCUT2D eigenvalue weighted by Crippen LogP contribution is 2.21. The molecule has 0 aliphatic heterocycles. The number of hydrogen-bond donors (Lipinski definition) is 2. The first-order chi connectivity index (χ1) is 7.53. The Bertz CT molecular complexity index is 532. The van der Waals surface area contributed by atoms with E-state index in [1.165, 1.54) is 12.1 Å². The average Bonchev–Trinajstić information content (AvgIpc) is 2.93. The minimum absolute atomic E-state index is 0.0469. The molecule has 0 saturated heterocycles. The molecule has 7 heteroatoms. The number of aromatic nitrogens is 1. The Morgan fingerprint density at radius 3 is 2.69 bits per heavy atom. The third-order valence-electron chi connectivity index (χ3n) is 2.31. The second-order valence-corrected chi connectivity index (χ2v) is 5.33. The van der Waals surface area contributed by atoms with Crippen molar-refractivity contribution in [3.8, 4) is 6.07 Å². The summed E-state index contributed by atoms with van der Waals surface area (Å²) in [4.78, 5) is 3.75. The summed E-state index contributed by atoms with van der Waals surface area (Å²) in [6.45, 7) is 0. The molecule has 0 bridgehead atoms. The standard InChI is InChI=1S/C9H10N4O2S/c10-4-6-1-2-7(5-12-6)16(14,15)13-9-3-8(9)11/h1-2,5,8-9,13H,3,11H2. The van der Waals surface area contributed by atoms with Gasteiger partial charge in [0.2, 0.25) is 10.0 Å². The van der Waals surface area contributed by atoms with Gasteiger partial charge in [-0.3, -0.25) is 0 Å². The summed E-state index contributed by atoms with van der Waals surface area (Å²) in [6.07, 6.45) is 1.82. The van der Waals surface area contributed by atoms with Crippen LogP contribution in [0.4, 0.5) is 0 Å². The summed E-state index contributed by atoms with van der Waals surface area (Å²) in [5.74, 6) is 0. The molecule has 1 aromatic rings. The van der Waals surface area contributed by atoms with E-state index in [-0.39, 0.29) is 22.7 Å². The van der Waals surface area contributed by atoms with Crippen LogP contribution in [-0.2, 0) is 10.0 Å². The number of nitrogens with zero attached hydrogens (tertiary/aromatic N) is 2. The van der Waals surface area contributed by atoms with Gasteiger partial charge < -0.3 is 5.73 Å². The van der Waals surface area contributed by atoms with E-state index in [1.54, 1.807) is 0 Å². The lowest BCUT2D eigenvalue weighted by atomic mass is 10.4. The Balaban J connectivity index is 2.19. The maximum Gasteiger partial charge on any atom is 0.242 e. The second-order valence-electron chi connectivity index (χ2n) is 3.62. The first kappa shape index (κ1) is 11.0. The average molecular weight is 238 g/mol. The fraction of sp³-hybridized carbons (Fsp3) is 0.333.